The Hall–Kier alpha value is -3.32. The number of carbonyl (C=O) groups excluding carboxylic acids is 5. The van der Waals surface area contributed by atoms with Crippen molar-refractivity contribution in [2.45, 2.75) is 0 Å². The molecule has 3 aromatic rings. The molecule has 0 unspecified atom stereocenters. The molecule has 0 atom stereocenters. The van der Waals surface area contributed by atoms with Crippen LogP contribution in [0.2, 0.25) is 0 Å². The molecule has 0 saturated heterocycles. The second-order valence-corrected chi connectivity index (χ2v) is 18.3. The van der Waals surface area contributed by atoms with Crippen LogP contribution in [0.1, 0.15) is 0 Å². The number of hydrogen-bond donors (Lipinski definition) is 0. The molecule has 30 heavy (non-hydrogen) atoms. The predicted octanol–water partition coefficient (Wildman–Crippen LogP) is 1.46. The van der Waals surface area contributed by atoms with Crippen molar-refractivity contribution >= 4 is 45.2 Å². The van der Waals surface area contributed by atoms with E-state index in [1.165, 1.54) is 15.9 Å². The zero-order valence-corrected chi connectivity index (χ0v) is 19.4. The maximum absolute atomic E-state index is 9.99. The molecule has 3 aromatic carbocycles. The van der Waals surface area contributed by atoms with Crippen molar-refractivity contribution in [3.05, 3.63) is 91.0 Å². The Kier molecular flexibility index (Phi) is 8.00. The molecule has 0 amide bonds. The van der Waals surface area contributed by atoms with E-state index in [2.05, 4.69) is 91.0 Å². The third-order valence-corrected chi connectivity index (χ3v) is 12.3. The minimum absolute atomic E-state index is 0.446. The molecule has 0 spiro atoms. The van der Waals surface area contributed by atoms with Crippen LogP contribution in [-0.2, 0) is 36.5 Å². The largest absolute Gasteiger partial charge is 0.0622 e. The van der Waals surface area contributed by atoms with Crippen molar-refractivity contribution < 1.29 is 36.5 Å². The van der Waals surface area contributed by atoms with E-state index in [1.807, 2.05) is 0 Å². The molecule has 0 aromatic heterocycles. The van der Waals surface area contributed by atoms with E-state index < -0.39 is 20.4 Å². The summed E-state index contributed by atoms with van der Waals surface area (Å²) in [5, 5.41) is 4.19. The van der Waals surface area contributed by atoms with E-state index in [4.69, 9.17) is 0 Å². The predicted molar refractivity (Wildman–Crippen MR) is 114 cm³/mol. The van der Waals surface area contributed by atoms with E-state index >= 15 is 0 Å². The van der Waals surface area contributed by atoms with Crippen LogP contribution in [0.25, 0.3) is 0 Å². The fourth-order valence-electron chi connectivity index (χ4n) is 2.35. The summed E-state index contributed by atoms with van der Waals surface area (Å²) in [4.78, 5) is 50.0. The second kappa shape index (κ2) is 10.5. The van der Waals surface area contributed by atoms with Crippen molar-refractivity contribution in [2.75, 3.05) is 0 Å². The number of benzene rings is 3. The van der Waals surface area contributed by atoms with Crippen molar-refractivity contribution in [1.29, 1.82) is 0 Å². The van der Waals surface area contributed by atoms with Gasteiger partial charge in [0.15, 0.2) is 0 Å². The molecule has 0 aliphatic carbocycles. The first-order valence-corrected chi connectivity index (χ1v) is 17.1. The first-order valence-electron chi connectivity index (χ1n) is 8.44. The zero-order valence-electron chi connectivity index (χ0n) is 15.6. The van der Waals surface area contributed by atoms with Crippen LogP contribution in [0, 0.1) is 0 Å². The summed E-state index contributed by atoms with van der Waals surface area (Å²) in [5.74, 6) is 0. The Balaban J connectivity index is 0.000000252. The fraction of sp³-hybridized carbons (Fsp3) is 0. The van der Waals surface area contributed by atoms with Gasteiger partial charge in [-0.25, -0.2) is 0 Å². The normalized spacial score (nSPS) is 9.37. The van der Waals surface area contributed by atoms with Crippen LogP contribution in [0.5, 0.6) is 0 Å². The summed E-state index contributed by atoms with van der Waals surface area (Å²) in [7, 11) is -0.446. The number of hydrogen-bond acceptors (Lipinski definition) is 5. The van der Waals surface area contributed by atoms with Gasteiger partial charge in [0.25, 0.3) is 0 Å². The molecule has 0 bridgehead atoms. The van der Waals surface area contributed by atoms with Crippen LogP contribution < -0.4 is 15.9 Å². The molecule has 7 heteroatoms. The summed E-state index contributed by atoms with van der Waals surface area (Å²) in [6.45, 7) is 0. The van der Waals surface area contributed by atoms with Gasteiger partial charge in [-0.3, -0.25) is 0 Å². The van der Waals surface area contributed by atoms with Crippen molar-refractivity contribution in [2.24, 2.45) is 0 Å². The topological polar surface area (TPSA) is 85.3 Å². The van der Waals surface area contributed by atoms with Gasteiger partial charge in [-0.05, 0) is 23.8 Å². The average Bonchev–Trinajstić information content (AvgIpc) is 2.85. The summed E-state index contributed by atoms with van der Waals surface area (Å²) in [6.07, 6.45) is 0. The third kappa shape index (κ3) is 4.99. The molecule has 0 saturated carbocycles. The summed E-state index contributed by atoms with van der Waals surface area (Å²) >= 11 is -6.08. The van der Waals surface area contributed by atoms with Crippen LogP contribution in [-0.4, -0.2) is 21.3 Å². The molecule has 0 aliphatic heterocycles. The SMILES string of the molecule is O=[C]=[W](=[C]=O)(=[C]=O)(=[C]=O)=[C]=O.c1ccc(P(c2ccccc2)c2ccccc2)cc1. The Bertz CT molecular complexity index is 1340. The minimum atomic E-state index is -6.08. The molecule has 0 fully saturated rings. The van der Waals surface area contributed by atoms with Crippen LogP contribution >= 0.6 is 7.92 Å². The average molecular weight is 586 g/mol. The van der Waals surface area contributed by atoms with E-state index in [-0.39, 0.29) is 0 Å². The summed E-state index contributed by atoms with van der Waals surface area (Å²) in [5.41, 5.74) is 0. The van der Waals surface area contributed by atoms with Crippen molar-refractivity contribution in [3.63, 3.8) is 0 Å². The minimum Gasteiger partial charge on any atom is -0.0622 e. The Morgan fingerprint density at radius 1 is 0.433 bits per heavy atom. The molecule has 0 N–H and O–H groups in total. The van der Waals surface area contributed by atoms with Gasteiger partial charge in [-0.15, -0.1) is 0 Å². The standard InChI is InChI=1S/C18H15P.5CO.W/c1-4-10-16(11-5-1)19(17-12-6-2-7-13-17)18-14-8-3-9-15-18;5*1-2;/h1-15H;;;;;;. The smallest absolute Gasteiger partial charge is 0.0134 e. The van der Waals surface area contributed by atoms with Gasteiger partial charge >= 0.3 is 57.8 Å². The fourth-order valence-corrected chi connectivity index (χ4v) is 5.88. The van der Waals surface area contributed by atoms with Crippen LogP contribution in [0.4, 0.5) is 0 Å². The Morgan fingerprint density at radius 3 is 0.833 bits per heavy atom. The van der Waals surface area contributed by atoms with E-state index in [1.54, 1.807) is 0 Å². The third-order valence-electron chi connectivity index (χ3n) is 3.88. The molecule has 0 aliphatic rings. The van der Waals surface area contributed by atoms with Crippen LogP contribution in [0.15, 0.2) is 91.0 Å². The van der Waals surface area contributed by atoms with Gasteiger partial charge in [0.1, 0.15) is 0 Å². The van der Waals surface area contributed by atoms with Crippen LogP contribution in [0.3, 0.4) is 0 Å². The van der Waals surface area contributed by atoms with Gasteiger partial charge in [0.2, 0.25) is 0 Å². The molecular weight excluding hydrogens is 571 g/mol. The molecule has 148 valence electrons. The molecule has 0 radical (unpaired) electrons. The van der Waals surface area contributed by atoms with Gasteiger partial charge in [0, 0.05) is 0 Å². The summed E-state index contributed by atoms with van der Waals surface area (Å²) < 4.78 is 3.96. The monoisotopic (exact) mass is 586 g/mol. The molecular formula is C23H15O5PW. The first kappa shape index (κ1) is 23.0. The van der Waals surface area contributed by atoms with E-state index in [0.717, 1.165) is 21.3 Å². The van der Waals surface area contributed by atoms with E-state index in [0.29, 0.717) is 0 Å². The maximum Gasteiger partial charge on any atom is -0.0134 e. The quantitative estimate of drug-likeness (QED) is 0.435. The van der Waals surface area contributed by atoms with Crippen molar-refractivity contribution in [1.82, 2.24) is 0 Å². The Morgan fingerprint density at radius 2 is 0.667 bits per heavy atom. The molecule has 3 rings (SSSR count). The van der Waals surface area contributed by atoms with Gasteiger partial charge in [-0.1, -0.05) is 91.0 Å². The zero-order chi connectivity index (χ0) is 21.9. The van der Waals surface area contributed by atoms with Gasteiger partial charge < -0.3 is 0 Å². The van der Waals surface area contributed by atoms with Gasteiger partial charge in [0.05, 0.1) is 0 Å². The first-order chi connectivity index (χ1) is 14.6. The van der Waals surface area contributed by atoms with E-state index in [9.17, 15) is 24.0 Å². The summed E-state index contributed by atoms with van der Waals surface area (Å²) in [6, 6.07) is 32.3. The number of rotatable bonds is 3. The second-order valence-electron chi connectivity index (χ2n) is 5.78. The molecule has 5 nitrogen and oxygen atoms in total. The molecule has 0 heterocycles. The van der Waals surface area contributed by atoms with Crippen molar-refractivity contribution in [3.8, 4) is 0 Å². The van der Waals surface area contributed by atoms with Gasteiger partial charge in [-0.2, -0.15) is 0 Å². The maximum atomic E-state index is 9.99. The Labute approximate surface area is 172 Å².